The number of hydrogen-bond donors (Lipinski definition) is 2. The fourth-order valence-corrected chi connectivity index (χ4v) is 3.33. The fraction of sp³-hybridized carbons (Fsp3) is 0.500. The van der Waals surface area contributed by atoms with Crippen LogP contribution in [0.2, 0.25) is 5.15 Å². The van der Waals surface area contributed by atoms with E-state index in [1.54, 1.807) is 6.07 Å². The minimum Gasteiger partial charge on any atom is -0.444 e. The molecule has 0 spiro atoms. The highest BCUT2D eigenvalue weighted by atomic mass is 35.5. The van der Waals surface area contributed by atoms with Gasteiger partial charge in [0.15, 0.2) is 0 Å². The molecule has 31 heavy (non-hydrogen) atoms. The summed E-state index contributed by atoms with van der Waals surface area (Å²) < 4.78 is 11.5. The number of ether oxygens (including phenoxy) is 2. The van der Waals surface area contributed by atoms with E-state index in [0.29, 0.717) is 24.8 Å². The van der Waals surface area contributed by atoms with Crippen LogP contribution in [-0.4, -0.2) is 35.4 Å². The summed E-state index contributed by atoms with van der Waals surface area (Å²) in [5.41, 5.74) is 0.790. The zero-order valence-corrected chi connectivity index (χ0v) is 19.9. The lowest BCUT2D eigenvalue weighted by Gasteiger charge is -2.32. The molecule has 1 aromatic carbocycles. The summed E-state index contributed by atoms with van der Waals surface area (Å²) in [7, 11) is 0. The molecule has 0 aliphatic rings. The van der Waals surface area contributed by atoms with Crippen molar-refractivity contribution in [1.82, 2.24) is 10.3 Å². The summed E-state index contributed by atoms with van der Waals surface area (Å²) >= 11 is 6.16. The van der Waals surface area contributed by atoms with Crippen LogP contribution >= 0.6 is 11.6 Å². The van der Waals surface area contributed by atoms with E-state index in [9.17, 15) is 4.79 Å². The van der Waals surface area contributed by atoms with E-state index >= 15 is 0 Å². The topological polar surface area (TPSA) is 72.5 Å². The number of carbonyl (C=O) groups excluding carboxylic acids is 1. The Balaban J connectivity index is 2.07. The Bertz CT molecular complexity index is 840. The molecule has 0 saturated carbocycles. The van der Waals surface area contributed by atoms with Gasteiger partial charge in [0.05, 0.1) is 18.8 Å². The number of rotatable bonds is 10. The third-order valence-corrected chi connectivity index (χ3v) is 4.53. The maximum atomic E-state index is 12.5. The zero-order valence-electron chi connectivity index (χ0n) is 19.1. The number of carbonyl (C=O) groups is 1. The monoisotopic (exact) mass is 447 g/mol. The predicted octanol–water partition coefficient (Wildman–Crippen LogP) is 5.60. The summed E-state index contributed by atoms with van der Waals surface area (Å²) in [6.07, 6.45) is 1.13. The average molecular weight is 448 g/mol. The van der Waals surface area contributed by atoms with Crippen LogP contribution in [0.1, 0.15) is 52.2 Å². The Kier molecular flexibility index (Phi) is 9.14. The van der Waals surface area contributed by atoms with Gasteiger partial charge in [-0.3, -0.25) is 0 Å². The molecule has 1 amide bonds. The molecular formula is C24H34ClN3O3. The van der Waals surface area contributed by atoms with E-state index in [2.05, 4.69) is 22.5 Å². The molecule has 1 unspecified atom stereocenters. The van der Waals surface area contributed by atoms with E-state index in [-0.39, 0.29) is 0 Å². The Morgan fingerprint density at radius 1 is 1.10 bits per heavy atom. The summed E-state index contributed by atoms with van der Waals surface area (Å²) in [5, 5.41) is 6.65. The number of alkyl carbamates (subject to hydrolysis) is 1. The van der Waals surface area contributed by atoms with E-state index < -0.39 is 17.2 Å². The average Bonchev–Trinajstić information content (AvgIpc) is 2.65. The van der Waals surface area contributed by atoms with Gasteiger partial charge in [-0.25, -0.2) is 9.78 Å². The Morgan fingerprint density at radius 2 is 1.81 bits per heavy atom. The second-order valence-electron chi connectivity index (χ2n) is 8.95. The summed E-state index contributed by atoms with van der Waals surface area (Å²) in [6, 6.07) is 13.7. The molecule has 0 aliphatic heterocycles. The number of halogens is 1. The van der Waals surface area contributed by atoms with Gasteiger partial charge in [-0.05, 0) is 63.8 Å². The summed E-state index contributed by atoms with van der Waals surface area (Å²) in [5.74, 6) is 0.729. The molecule has 1 aromatic heterocycles. The molecule has 2 aromatic rings. The Hall–Kier alpha value is -2.31. The number of pyridine rings is 1. The normalized spacial score (nSPS) is 13.4. The molecule has 1 heterocycles. The summed E-state index contributed by atoms with van der Waals surface area (Å²) in [4.78, 5) is 16.7. The highest BCUT2D eigenvalue weighted by Gasteiger charge is 2.30. The minimum atomic E-state index is -0.649. The first kappa shape index (κ1) is 25.0. The SMILES string of the molecule is CCCNc1cc(COCC(C)(Cc2ccccc2)NC(=O)OC(C)(C)C)cc(Cl)n1. The van der Waals surface area contributed by atoms with Crippen molar-refractivity contribution in [2.75, 3.05) is 18.5 Å². The first-order valence-corrected chi connectivity index (χ1v) is 11.0. The number of aromatic nitrogens is 1. The number of hydrogen-bond acceptors (Lipinski definition) is 5. The molecule has 0 aliphatic carbocycles. The van der Waals surface area contributed by atoms with E-state index in [1.165, 1.54) is 0 Å². The first-order chi connectivity index (χ1) is 14.6. The molecule has 0 bridgehead atoms. The van der Waals surface area contributed by atoms with Gasteiger partial charge < -0.3 is 20.1 Å². The number of amides is 1. The van der Waals surface area contributed by atoms with Crippen LogP contribution < -0.4 is 10.6 Å². The van der Waals surface area contributed by atoms with Crippen LogP contribution in [0.3, 0.4) is 0 Å². The van der Waals surface area contributed by atoms with Gasteiger partial charge in [0.2, 0.25) is 0 Å². The van der Waals surface area contributed by atoms with Crippen molar-refractivity contribution in [2.24, 2.45) is 0 Å². The second kappa shape index (κ2) is 11.3. The molecule has 0 fully saturated rings. The molecule has 2 rings (SSSR count). The molecular weight excluding hydrogens is 414 g/mol. The van der Waals surface area contributed by atoms with Gasteiger partial charge in [-0.2, -0.15) is 0 Å². The standard InChI is InChI=1S/C24H34ClN3O3/c1-6-12-26-21-14-19(13-20(25)27-21)16-30-17-24(5,15-18-10-8-7-9-11-18)28-22(29)31-23(2,3)4/h7-11,13-14H,6,12,15-17H2,1-5H3,(H,26,27)(H,28,29). The minimum absolute atomic E-state index is 0.304. The number of nitrogens with zero attached hydrogens (tertiary/aromatic N) is 1. The summed E-state index contributed by atoms with van der Waals surface area (Å²) in [6.45, 7) is 11.0. The van der Waals surface area contributed by atoms with Crippen LogP contribution in [0.4, 0.5) is 10.6 Å². The van der Waals surface area contributed by atoms with Crippen molar-refractivity contribution in [2.45, 2.75) is 65.2 Å². The van der Waals surface area contributed by atoms with Crippen LogP contribution in [0.25, 0.3) is 0 Å². The van der Waals surface area contributed by atoms with Crippen molar-refractivity contribution in [3.8, 4) is 0 Å². The van der Waals surface area contributed by atoms with Gasteiger partial charge in [-0.1, -0.05) is 48.9 Å². The molecule has 0 radical (unpaired) electrons. The number of anilines is 1. The first-order valence-electron chi connectivity index (χ1n) is 10.6. The fourth-order valence-electron chi connectivity index (χ4n) is 3.10. The molecule has 0 saturated heterocycles. The van der Waals surface area contributed by atoms with E-state index in [1.807, 2.05) is 64.1 Å². The van der Waals surface area contributed by atoms with Crippen molar-refractivity contribution in [3.63, 3.8) is 0 Å². The van der Waals surface area contributed by atoms with Gasteiger partial charge in [0.25, 0.3) is 0 Å². The Morgan fingerprint density at radius 3 is 2.45 bits per heavy atom. The second-order valence-corrected chi connectivity index (χ2v) is 9.34. The highest BCUT2D eigenvalue weighted by molar-refractivity contribution is 6.29. The van der Waals surface area contributed by atoms with Crippen molar-refractivity contribution in [3.05, 3.63) is 58.7 Å². The smallest absolute Gasteiger partial charge is 0.408 e. The lowest BCUT2D eigenvalue weighted by molar-refractivity contribution is 0.0287. The van der Waals surface area contributed by atoms with Crippen LogP contribution in [-0.2, 0) is 22.5 Å². The molecule has 2 N–H and O–H groups in total. The van der Waals surface area contributed by atoms with Gasteiger partial charge >= 0.3 is 6.09 Å². The maximum absolute atomic E-state index is 12.5. The third-order valence-electron chi connectivity index (χ3n) is 4.34. The predicted molar refractivity (Wildman–Crippen MR) is 126 cm³/mol. The van der Waals surface area contributed by atoms with Crippen LogP contribution in [0.15, 0.2) is 42.5 Å². The molecule has 170 valence electrons. The molecule has 6 nitrogen and oxygen atoms in total. The van der Waals surface area contributed by atoms with Crippen LogP contribution in [0.5, 0.6) is 0 Å². The van der Waals surface area contributed by atoms with Crippen molar-refractivity contribution >= 4 is 23.5 Å². The van der Waals surface area contributed by atoms with Gasteiger partial charge in [-0.15, -0.1) is 0 Å². The van der Waals surface area contributed by atoms with Crippen molar-refractivity contribution < 1.29 is 14.3 Å². The van der Waals surface area contributed by atoms with Crippen LogP contribution in [0, 0.1) is 0 Å². The highest BCUT2D eigenvalue weighted by Crippen LogP contribution is 2.19. The quantitative estimate of drug-likeness (QED) is 0.464. The van der Waals surface area contributed by atoms with E-state index in [4.69, 9.17) is 21.1 Å². The maximum Gasteiger partial charge on any atom is 0.408 e. The van der Waals surface area contributed by atoms with Gasteiger partial charge in [0, 0.05) is 6.54 Å². The number of nitrogens with one attached hydrogen (secondary N) is 2. The molecule has 7 heteroatoms. The lowest BCUT2D eigenvalue weighted by Crippen LogP contribution is -2.52. The molecule has 1 atom stereocenters. The third kappa shape index (κ3) is 9.57. The van der Waals surface area contributed by atoms with Gasteiger partial charge in [0.1, 0.15) is 16.6 Å². The Labute approximate surface area is 190 Å². The zero-order chi connectivity index (χ0) is 22.9. The number of benzene rings is 1. The lowest BCUT2D eigenvalue weighted by atomic mass is 9.93. The van der Waals surface area contributed by atoms with E-state index in [0.717, 1.165) is 29.9 Å². The van der Waals surface area contributed by atoms with Crippen molar-refractivity contribution in [1.29, 1.82) is 0 Å². The largest absolute Gasteiger partial charge is 0.444 e.